The molecule has 37 heavy (non-hydrogen) atoms. The van der Waals surface area contributed by atoms with Crippen molar-refractivity contribution in [1.82, 2.24) is 4.90 Å². The van der Waals surface area contributed by atoms with Crippen LogP contribution in [0.2, 0.25) is 5.02 Å². The molecule has 9 nitrogen and oxygen atoms in total. The zero-order valence-electron chi connectivity index (χ0n) is 19.3. The largest absolute Gasteiger partial charge is 0.492 e. The van der Waals surface area contributed by atoms with Crippen LogP contribution < -0.4 is 9.47 Å². The molecule has 1 aliphatic rings. The summed E-state index contributed by atoms with van der Waals surface area (Å²) in [6, 6.07) is 9.02. The molecule has 3 rings (SSSR count). The highest BCUT2D eigenvalue weighted by molar-refractivity contribution is 6.32. The monoisotopic (exact) mass is 539 g/mol. The Balaban J connectivity index is 1.86. The molecule has 1 aliphatic heterocycles. The summed E-state index contributed by atoms with van der Waals surface area (Å²) in [5, 5.41) is 21.1. The van der Waals surface area contributed by atoms with Crippen LogP contribution in [-0.4, -0.2) is 46.8 Å². The van der Waals surface area contributed by atoms with E-state index in [0.717, 1.165) is 24.6 Å². The van der Waals surface area contributed by atoms with Crippen molar-refractivity contribution in [2.75, 3.05) is 19.7 Å². The van der Waals surface area contributed by atoms with Gasteiger partial charge in [-0.05, 0) is 43.5 Å². The Kier molecular flexibility index (Phi) is 8.60. The van der Waals surface area contributed by atoms with Gasteiger partial charge >= 0.3 is 17.5 Å². The molecule has 196 valence electrons. The van der Waals surface area contributed by atoms with Gasteiger partial charge in [0.05, 0.1) is 22.1 Å². The molecule has 1 unspecified atom stereocenters. The minimum absolute atomic E-state index is 0.146. The minimum atomic E-state index is -4.61. The third kappa shape index (κ3) is 6.29. The van der Waals surface area contributed by atoms with Gasteiger partial charge in [-0.1, -0.05) is 23.7 Å². The second-order valence-corrected chi connectivity index (χ2v) is 8.54. The lowest BCUT2D eigenvalue weighted by Gasteiger charge is -2.33. The quantitative estimate of drug-likeness (QED) is 0.251. The molecule has 1 saturated heterocycles. The van der Waals surface area contributed by atoms with Gasteiger partial charge in [0, 0.05) is 25.6 Å². The summed E-state index contributed by atoms with van der Waals surface area (Å²) < 4.78 is 49.4. The van der Waals surface area contributed by atoms with Crippen LogP contribution >= 0.6 is 11.6 Å². The number of piperidine rings is 1. The number of likely N-dealkylation sites (tertiary alicyclic amines) is 1. The zero-order chi connectivity index (χ0) is 27.2. The number of nitriles is 1. The first kappa shape index (κ1) is 27.7. The summed E-state index contributed by atoms with van der Waals surface area (Å²) >= 11 is 5.86. The number of alkyl halides is 3. The molecule has 1 amide bonds. The minimum Gasteiger partial charge on any atom is -0.492 e. The van der Waals surface area contributed by atoms with Gasteiger partial charge in [0.25, 0.3) is 5.91 Å². The van der Waals surface area contributed by atoms with Crippen LogP contribution in [0.3, 0.4) is 0 Å². The molecule has 1 heterocycles. The average Bonchev–Trinajstić information content (AvgIpc) is 2.87. The van der Waals surface area contributed by atoms with Crippen LogP contribution in [0.4, 0.5) is 18.9 Å². The predicted molar refractivity (Wildman–Crippen MR) is 124 cm³/mol. The summed E-state index contributed by atoms with van der Waals surface area (Å²) in [5.74, 6) is -2.58. The van der Waals surface area contributed by atoms with E-state index >= 15 is 0 Å². The van der Waals surface area contributed by atoms with E-state index in [1.54, 1.807) is 6.07 Å². The van der Waals surface area contributed by atoms with Crippen molar-refractivity contribution in [3.63, 3.8) is 0 Å². The fourth-order valence-electron chi connectivity index (χ4n) is 3.76. The van der Waals surface area contributed by atoms with Gasteiger partial charge in [-0.25, -0.2) is 0 Å². The number of carbonyl (C=O) groups is 2. The number of hydrogen-bond donors (Lipinski definition) is 0. The molecule has 0 N–H and O–H groups in total. The van der Waals surface area contributed by atoms with Crippen molar-refractivity contribution >= 4 is 29.0 Å². The van der Waals surface area contributed by atoms with Crippen molar-refractivity contribution in [3.8, 4) is 17.6 Å². The standard InChI is InChI=1S/C24H21ClF3N3O6/c25-17-14-16(24(26,27)28)8-9-19(17)36-13-10-21(32)23(15-29,22(33)30-11-4-1-5-12-30)37-20-7-3-2-6-18(20)31(34)35/h2-3,6-9,14H,1,4-5,10-13H2. The first-order chi connectivity index (χ1) is 17.5. The van der Waals surface area contributed by atoms with Gasteiger partial charge in [0.15, 0.2) is 5.75 Å². The second kappa shape index (κ2) is 11.5. The molecular formula is C24H21ClF3N3O6. The van der Waals surface area contributed by atoms with Crippen molar-refractivity contribution < 1.29 is 37.2 Å². The van der Waals surface area contributed by atoms with Gasteiger partial charge in [0.1, 0.15) is 11.8 Å². The fraction of sp³-hybridized carbons (Fsp3) is 0.375. The SMILES string of the molecule is N#CC(Oc1ccccc1[N+](=O)[O-])(C(=O)CCOc1ccc(C(F)(F)F)cc1Cl)C(=O)N1CCCCC1. The molecule has 0 saturated carbocycles. The number of hydrogen-bond acceptors (Lipinski definition) is 7. The number of rotatable bonds is 9. The normalized spacial score (nSPS) is 15.3. The first-order valence-corrected chi connectivity index (χ1v) is 11.5. The fourth-order valence-corrected chi connectivity index (χ4v) is 3.99. The molecule has 0 bridgehead atoms. The van der Waals surface area contributed by atoms with Crippen molar-refractivity contribution in [1.29, 1.82) is 5.26 Å². The number of halogens is 4. The summed E-state index contributed by atoms with van der Waals surface area (Å²) in [6.45, 7) is 0.0851. The van der Waals surface area contributed by atoms with Gasteiger partial charge in [0.2, 0.25) is 5.78 Å². The van der Waals surface area contributed by atoms with Gasteiger partial charge < -0.3 is 14.4 Å². The van der Waals surface area contributed by atoms with E-state index in [1.807, 2.05) is 0 Å². The molecule has 13 heteroatoms. The van der Waals surface area contributed by atoms with E-state index in [9.17, 15) is 38.1 Å². The van der Waals surface area contributed by atoms with E-state index in [0.29, 0.717) is 18.9 Å². The molecule has 2 aromatic rings. The van der Waals surface area contributed by atoms with Crippen LogP contribution in [-0.2, 0) is 15.8 Å². The Morgan fingerprint density at radius 1 is 1.11 bits per heavy atom. The summed E-state index contributed by atoms with van der Waals surface area (Å²) in [7, 11) is 0. The highest BCUT2D eigenvalue weighted by Gasteiger charge is 2.52. The Bertz CT molecular complexity index is 1230. The van der Waals surface area contributed by atoms with Gasteiger partial charge in [-0.15, -0.1) is 0 Å². The van der Waals surface area contributed by atoms with E-state index in [-0.39, 0.29) is 23.9 Å². The number of nitrogens with zero attached hydrogens (tertiary/aromatic N) is 3. The van der Waals surface area contributed by atoms with Gasteiger partial charge in [-0.2, -0.15) is 18.4 Å². The van der Waals surface area contributed by atoms with Crippen LogP contribution in [0, 0.1) is 21.4 Å². The Hall–Kier alpha value is -3.85. The third-order valence-electron chi connectivity index (χ3n) is 5.67. The lowest BCUT2D eigenvalue weighted by Crippen LogP contribution is -2.58. The van der Waals surface area contributed by atoms with Gasteiger partial charge in [-0.3, -0.25) is 19.7 Å². The topological polar surface area (TPSA) is 123 Å². The molecule has 0 aromatic heterocycles. The third-order valence-corrected chi connectivity index (χ3v) is 5.96. The molecule has 2 aromatic carbocycles. The molecule has 0 aliphatic carbocycles. The smallest absolute Gasteiger partial charge is 0.416 e. The number of nitro benzene ring substituents is 1. The van der Waals surface area contributed by atoms with E-state index in [2.05, 4.69) is 0 Å². The maximum Gasteiger partial charge on any atom is 0.416 e. The number of Topliss-reactive ketones (excluding diaryl/α,β-unsaturated/α-hetero) is 1. The summed E-state index contributed by atoms with van der Waals surface area (Å²) in [5.41, 5.74) is -4.28. The number of para-hydroxylation sites is 2. The lowest BCUT2D eigenvalue weighted by molar-refractivity contribution is -0.386. The molecule has 0 radical (unpaired) electrons. The average molecular weight is 540 g/mol. The highest BCUT2D eigenvalue weighted by atomic mass is 35.5. The summed E-state index contributed by atoms with van der Waals surface area (Å²) in [4.78, 5) is 38.7. The van der Waals surface area contributed by atoms with Crippen molar-refractivity contribution in [2.45, 2.75) is 37.5 Å². The molecular weight excluding hydrogens is 519 g/mol. The number of ketones is 1. The first-order valence-electron chi connectivity index (χ1n) is 11.2. The number of amides is 1. The van der Waals surface area contributed by atoms with Crippen LogP contribution in [0.15, 0.2) is 42.5 Å². The lowest BCUT2D eigenvalue weighted by atomic mass is 9.94. The Morgan fingerprint density at radius 2 is 1.78 bits per heavy atom. The molecule has 0 spiro atoms. The van der Waals surface area contributed by atoms with Crippen LogP contribution in [0.1, 0.15) is 31.2 Å². The van der Waals surface area contributed by atoms with Crippen LogP contribution in [0.5, 0.6) is 11.5 Å². The maximum atomic E-state index is 13.4. The van der Waals surface area contributed by atoms with Crippen molar-refractivity contribution in [3.05, 3.63) is 63.2 Å². The number of carbonyl (C=O) groups excluding carboxylic acids is 2. The number of ether oxygens (including phenoxy) is 2. The highest BCUT2D eigenvalue weighted by Crippen LogP contribution is 2.35. The van der Waals surface area contributed by atoms with E-state index in [1.165, 1.54) is 23.1 Å². The molecule has 1 fully saturated rings. The second-order valence-electron chi connectivity index (χ2n) is 8.14. The Morgan fingerprint density at radius 3 is 2.38 bits per heavy atom. The number of benzene rings is 2. The maximum absolute atomic E-state index is 13.4. The molecule has 1 atom stereocenters. The number of nitro groups is 1. The predicted octanol–water partition coefficient (Wildman–Crippen LogP) is 4.96. The zero-order valence-corrected chi connectivity index (χ0v) is 20.1. The Labute approximate surface area is 214 Å². The van der Waals surface area contributed by atoms with E-state index in [4.69, 9.17) is 21.1 Å². The van der Waals surface area contributed by atoms with Crippen molar-refractivity contribution in [2.24, 2.45) is 0 Å². The summed E-state index contributed by atoms with van der Waals surface area (Å²) in [6.07, 6.45) is -3.06. The van der Waals surface area contributed by atoms with Crippen LogP contribution in [0.25, 0.3) is 0 Å². The van der Waals surface area contributed by atoms with E-state index < -0.39 is 58.4 Å².